The van der Waals surface area contributed by atoms with Crippen LogP contribution in [0.25, 0.3) is 0 Å². The molecule has 0 spiro atoms. The average molecular weight is 480 g/mol. The van der Waals surface area contributed by atoms with Crippen molar-refractivity contribution in [3.63, 3.8) is 0 Å². The van der Waals surface area contributed by atoms with Crippen molar-refractivity contribution in [3.05, 3.63) is 36.5 Å². The molecule has 1 aromatic rings. The number of oxime groups is 1. The molecule has 0 atom stereocenters. The first-order valence-electron chi connectivity index (χ1n) is 9.13. The monoisotopic (exact) mass is 479 g/mol. The van der Waals surface area contributed by atoms with Crippen LogP contribution in [0.2, 0.25) is 0 Å². The molecule has 0 saturated heterocycles. The molecule has 0 aliphatic carbocycles. The highest BCUT2D eigenvalue weighted by Crippen LogP contribution is 2.27. The van der Waals surface area contributed by atoms with E-state index in [1.807, 2.05) is 0 Å². The molecule has 0 heterocycles. The number of terminal acetylenes is 1. The van der Waals surface area contributed by atoms with Gasteiger partial charge in [-0.15, -0.1) is 6.42 Å². The van der Waals surface area contributed by atoms with E-state index >= 15 is 0 Å². The van der Waals surface area contributed by atoms with Crippen molar-refractivity contribution in [1.82, 2.24) is 19.0 Å². The molecule has 0 bridgehead atoms. The highest BCUT2D eigenvalue weighted by atomic mass is 32.2. The second kappa shape index (κ2) is 13.5. The van der Waals surface area contributed by atoms with Crippen LogP contribution in [0.3, 0.4) is 0 Å². The van der Waals surface area contributed by atoms with Gasteiger partial charge in [-0.05, 0) is 12.1 Å². The van der Waals surface area contributed by atoms with E-state index in [-0.39, 0.29) is 29.5 Å². The Balaban J connectivity index is 2.78. The lowest BCUT2D eigenvalue weighted by molar-refractivity contribution is -0.121. The van der Waals surface area contributed by atoms with Gasteiger partial charge in [-0.25, -0.2) is 18.2 Å². The van der Waals surface area contributed by atoms with Gasteiger partial charge >= 0.3 is 12.2 Å². The van der Waals surface area contributed by atoms with Gasteiger partial charge in [0.1, 0.15) is 6.61 Å². The maximum atomic E-state index is 12.4. The number of carbonyl (C=O) groups is 3. The van der Waals surface area contributed by atoms with Crippen LogP contribution in [0.5, 0.6) is 11.5 Å². The Morgan fingerprint density at radius 1 is 1.12 bits per heavy atom. The van der Waals surface area contributed by atoms with Crippen LogP contribution >= 0.6 is 12.1 Å². The van der Waals surface area contributed by atoms with E-state index in [2.05, 4.69) is 23.1 Å². The van der Waals surface area contributed by atoms with E-state index in [0.717, 1.165) is 8.61 Å². The first-order chi connectivity index (χ1) is 15.6. The average Bonchev–Trinajstić information content (AvgIpc) is 2.78. The summed E-state index contributed by atoms with van der Waals surface area (Å²) in [5, 5.41) is 3.56. The number of carbonyl (C=O) groups excluding carboxylic acids is 3. The minimum atomic E-state index is -0.980. The zero-order chi connectivity index (χ0) is 25.0. The number of hydrogen-bond donors (Lipinski definition) is 1. The molecule has 0 saturated carbocycles. The summed E-state index contributed by atoms with van der Waals surface area (Å²) >= 11 is 0.661. The maximum absolute atomic E-state index is 12.4. The lowest BCUT2D eigenvalue weighted by atomic mass is 10.3. The normalized spacial score (nSPS) is 10.4. The fourth-order valence-electron chi connectivity index (χ4n) is 1.93. The Bertz CT molecular complexity index is 945. The molecule has 13 heteroatoms. The number of ether oxygens (including phenoxy) is 2. The lowest BCUT2D eigenvalue weighted by Crippen LogP contribution is -2.35. The van der Waals surface area contributed by atoms with Crippen molar-refractivity contribution in [3.8, 4) is 23.8 Å². The summed E-state index contributed by atoms with van der Waals surface area (Å²) in [6, 6.07) is 6.46. The molecule has 0 radical (unpaired) electrons. The van der Waals surface area contributed by atoms with Crippen molar-refractivity contribution in [1.29, 1.82) is 0 Å². The summed E-state index contributed by atoms with van der Waals surface area (Å²) in [5.41, 5.74) is 2.04. The number of hydroxylamine groups is 1. The van der Waals surface area contributed by atoms with Crippen LogP contribution in [0, 0.1) is 12.3 Å². The van der Waals surface area contributed by atoms with E-state index in [0.29, 0.717) is 12.1 Å². The minimum Gasteiger partial charge on any atom is -0.477 e. The van der Waals surface area contributed by atoms with E-state index in [1.54, 1.807) is 18.2 Å². The molecular weight excluding hydrogens is 454 g/mol. The number of nitrogens with zero attached hydrogens (tertiary/aromatic N) is 4. The highest BCUT2D eigenvalue weighted by molar-refractivity contribution is 7.95. The fourth-order valence-corrected chi connectivity index (χ4v) is 2.50. The third kappa shape index (κ3) is 8.63. The fraction of sp³-hybridized carbons (Fsp3) is 0.300. The van der Waals surface area contributed by atoms with Crippen molar-refractivity contribution in [2.24, 2.45) is 5.16 Å². The van der Waals surface area contributed by atoms with E-state index in [9.17, 15) is 14.4 Å². The molecule has 0 fully saturated rings. The Morgan fingerprint density at radius 3 is 2.30 bits per heavy atom. The van der Waals surface area contributed by atoms with Gasteiger partial charge in [0.15, 0.2) is 17.2 Å². The van der Waals surface area contributed by atoms with Crippen LogP contribution < -0.4 is 15.0 Å². The van der Waals surface area contributed by atoms with Gasteiger partial charge in [-0.1, -0.05) is 29.8 Å². The molecule has 1 aromatic carbocycles. The molecule has 0 unspecified atom stereocenters. The third-order valence-electron chi connectivity index (χ3n) is 3.45. The quantitative estimate of drug-likeness (QED) is 0.176. The molecule has 1 rings (SSSR count). The smallest absolute Gasteiger partial charge is 0.447 e. The number of hydrogen-bond acceptors (Lipinski definition) is 10. The molecule has 33 heavy (non-hydrogen) atoms. The van der Waals surface area contributed by atoms with Crippen LogP contribution in [-0.2, 0) is 14.5 Å². The first kappa shape index (κ1) is 27.1. The van der Waals surface area contributed by atoms with Crippen LogP contribution in [0.15, 0.2) is 41.7 Å². The zero-order valence-electron chi connectivity index (χ0n) is 18.9. The maximum Gasteiger partial charge on any atom is 0.447 e. The number of para-hydroxylation sites is 2. The molecule has 0 aliphatic heterocycles. The number of rotatable bonds is 10. The summed E-state index contributed by atoms with van der Waals surface area (Å²) in [6.07, 6.45) is 3.39. The standard InChI is InChI=1S/C20H25N5O7S/c1-8-13-30-15-11-9-10-12-16(15)31-19(27)24(5)33-25(6)20(28)32-22-17(14(2)21-29-7)18(26)23(3)4/h1,9-12,21H,2,13H2,3-7H3. The zero-order valence-corrected chi connectivity index (χ0v) is 19.7. The first-order valence-corrected chi connectivity index (χ1v) is 9.86. The largest absolute Gasteiger partial charge is 0.477 e. The Kier molecular flexibility index (Phi) is 11.1. The van der Waals surface area contributed by atoms with E-state index in [1.165, 1.54) is 46.3 Å². The van der Waals surface area contributed by atoms with Crippen molar-refractivity contribution >= 4 is 35.9 Å². The number of amides is 3. The van der Waals surface area contributed by atoms with Crippen LogP contribution in [-0.4, -0.2) is 79.2 Å². The van der Waals surface area contributed by atoms with E-state index < -0.39 is 18.1 Å². The summed E-state index contributed by atoms with van der Waals surface area (Å²) < 4.78 is 12.6. The second-order valence-electron chi connectivity index (χ2n) is 6.17. The third-order valence-corrected chi connectivity index (χ3v) is 4.24. The predicted octanol–water partition coefficient (Wildman–Crippen LogP) is 1.87. The highest BCUT2D eigenvalue weighted by Gasteiger charge is 2.23. The molecule has 0 aromatic heterocycles. The van der Waals surface area contributed by atoms with Crippen LogP contribution in [0.1, 0.15) is 0 Å². The summed E-state index contributed by atoms with van der Waals surface area (Å²) in [7, 11) is 6.98. The van der Waals surface area contributed by atoms with Crippen molar-refractivity contribution in [2.75, 3.05) is 41.9 Å². The van der Waals surface area contributed by atoms with Gasteiger partial charge in [0.05, 0.1) is 24.9 Å². The molecule has 1 N–H and O–H groups in total. The van der Waals surface area contributed by atoms with Gasteiger partial charge in [0.25, 0.3) is 5.91 Å². The summed E-state index contributed by atoms with van der Waals surface area (Å²) in [4.78, 5) is 47.6. The topological polar surface area (TPSA) is 122 Å². The lowest BCUT2D eigenvalue weighted by Gasteiger charge is -2.21. The van der Waals surface area contributed by atoms with Crippen molar-refractivity contribution in [2.45, 2.75) is 0 Å². The SMILES string of the molecule is C#CCOc1ccccc1OC(=O)N(C)SN(C)C(=O)ON=C(C(=C)NOC)C(=O)N(C)C. The molecule has 0 aliphatic rings. The molecule has 3 amide bonds. The van der Waals surface area contributed by atoms with Gasteiger partial charge in [0, 0.05) is 28.2 Å². The Morgan fingerprint density at radius 2 is 1.73 bits per heavy atom. The summed E-state index contributed by atoms with van der Waals surface area (Å²) in [6.45, 7) is 3.59. The molecular formula is C20H25N5O7S. The van der Waals surface area contributed by atoms with Crippen molar-refractivity contribution < 1.29 is 33.5 Å². The van der Waals surface area contributed by atoms with Gasteiger partial charge in [-0.3, -0.25) is 19.9 Å². The van der Waals surface area contributed by atoms with Gasteiger partial charge in [-0.2, -0.15) is 0 Å². The molecule has 12 nitrogen and oxygen atoms in total. The van der Waals surface area contributed by atoms with Gasteiger partial charge < -0.3 is 14.4 Å². The summed E-state index contributed by atoms with van der Waals surface area (Å²) in [5.74, 6) is 2.17. The number of benzene rings is 1. The Labute approximate surface area is 196 Å². The van der Waals surface area contributed by atoms with Gasteiger partial charge in [0.2, 0.25) is 0 Å². The van der Waals surface area contributed by atoms with Crippen LogP contribution in [0.4, 0.5) is 9.59 Å². The number of nitrogens with one attached hydrogen (secondary N) is 1. The minimum absolute atomic E-state index is 0.00110. The predicted molar refractivity (Wildman–Crippen MR) is 122 cm³/mol. The Hall–Kier alpha value is -3.89. The second-order valence-corrected chi connectivity index (χ2v) is 7.42. The molecule has 178 valence electrons. The van der Waals surface area contributed by atoms with E-state index in [4.69, 9.17) is 25.6 Å².